The summed E-state index contributed by atoms with van der Waals surface area (Å²) in [6.45, 7) is 9.00. The van der Waals surface area contributed by atoms with Crippen LogP contribution >= 0.6 is 0 Å². The van der Waals surface area contributed by atoms with Crippen LogP contribution in [0.5, 0.6) is 0 Å². The van der Waals surface area contributed by atoms with E-state index in [2.05, 4.69) is 6.07 Å². The minimum Gasteiger partial charge on any atom is -0.343 e. The van der Waals surface area contributed by atoms with Gasteiger partial charge in [-0.15, -0.1) is 0 Å². The summed E-state index contributed by atoms with van der Waals surface area (Å²) in [4.78, 5) is 28.6. The normalized spacial score (nSPS) is 15.5. The number of benzene rings is 1. The molecule has 2 amide bonds. The van der Waals surface area contributed by atoms with Crippen molar-refractivity contribution >= 4 is 11.8 Å². The molecule has 23 heavy (non-hydrogen) atoms. The molecule has 2 rings (SSSR count). The topological polar surface area (TPSA) is 40.6 Å². The molecule has 1 heterocycles. The van der Waals surface area contributed by atoms with Crippen molar-refractivity contribution in [3.8, 4) is 0 Å². The Morgan fingerprint density at radius 1 is 1.17 bits per heavy atom. The molecule has 4 nitrogen and oxygen atoms in total. The molecule has 1 aromatic carbocycles. The maximum absolute atomic E-state index is 12.4. The smallest absolute Gasteiger partial charge is 0.226 e. The monoisotopic (exact) mass is 316 g/mol. The molecule has 1 saturated heterocycles. The van der Waals surface area contributed by atoms with Crippen molar-refractivity contribution in [1.29, 1.82) is 0 Å². The zero-order chi connectivity index (χ0) is 16.8. The molecular weight excluding hydrogens is 288 g/mol. The van der Waals surface area contributed by atoms with Crippen LogP contribution in [0.3, 0.4) is 0 Å². The lowest BCUT2D eigenvalue weighted by atomic mass is 9.94. The van der Waals surface area contributed by atoms with E-state index < -0.39 is 0 Å². The first-order chi connectivity index (χ1) is 11.0. The maximum Gasteiger partial charge on any atom is 0.226 e. The van der Waals surface area contributed by atoms with E-state index in [1.54, 1.807) is 0 Å². The third-order valence-electron chi connectivity index (χ3n) is 4.71. The summed E-state index contributed by atoms with van der Waals surface area (Å²) in [5, 5.41) is 0. The lowest BCUT2D eigenvalue weighted by molar-refractivity contribution is -0.140. The summed E-state index contributed by atoms with van der Waals surface area (Å²) in [6, 6.07) is 8.10. The zero-order valence-corrected chi connectivity index (χ0v) is 14.5. The van der Waals surface area contributed by atoms with Gasteiger partial charge in [-0.25, -0.2) is 0 Å². The fraction of sp³-hybridized carbons (Fsp3) is 0.579. The van der Waals surface area contributed by atoms with Gasteiger partial charge in [0.2, 0.25) is 11.8 Å². The second-order valence-electron chi connectivity index (χ2n) is 6.33. The van der Waals surface area contributed by atoms with Crippen LogP contribution in [0.25, 0.3) is 0 Å². The SMILES string of the molecule is CCN(CC)C(=O)C1CCN(C(=O)Cc2cccc(C)c2)CC1. The average molecular weight is 316 g/mol. The van der Waals surface area contributed by atoms with Crippen LogP contribution in [0.2, 0.25) is 0 Å². The van der Waals surface area contributed by atoms with Crippen molar-refractivity contribution in [2.75, 3.05) is 26.2 Å². The van der Waals surface area contributed by atoms with Crippen molar-refractivity contribution in [2.45, 2.75) is 40.0 Å². The summed E-state index contributed by atoms with van der Waals surface area (Å²) in [7, 11) is 0. The molecule has 1 aromatic rings. The maximum atomic E-state index is 12.4. The van der Waals surface area contributed by atoms with Crippen molar-refractivity contribution < 1.29 is 9.59 Å². The second-order valence-corrected chi connectivity index (χ2v) is 6.33. The number of nitrogens with zero attached hydrogens (tertiary/aromatic N) is 2. The van der Waals surface area contributed by atoms with Crippen LogP contribution in [0.4, 0.5) is 0 Å². The molecule has 1 aliphatic heterocycles. The van der Waals surface area contributed by atoms with Crippen LogP contribution in [0, 0.1) is 12.8 Å². The van der Waals surface area contributed by atoms with Crippen molar-refractivity contribution in [1.82, 2.24) is 9.80 Å². The third-order valence-corrected chi connectivity index (χ3v) is 4.71. The van der Waals surface area contributed by atoms with Crippen LogP contribution in [0.15, 0.2) is 24.3 Å². The van der Waals surface area contributed by atoms with Gasteiger partial charge in [0, 0.05) is 32.1 Å². The number of piperidine rings is 1. The standard InChI is InChI=1S/C19H28N2O2/c1-4-20(5-2)19(23)17-9-11-21(12-10-17)18(22)14-16-8-6-7-15(3)13-16/h6-8,13,17H,4-5,9-12,14H2,1-3H3. The number of amides is 2. The fourth-order valence-corrected chi connectivity index (χ4v) is 3.28. The Morgan fingerprint density at radius 3 is 2.39 bits per heavy atom. The van der Waals surface area contributed by atoms with Gasteiger partial charge < -0.3 is 9.80 Å². The Labute approximate surface area is 139 Å². The van der Waals surface area contributed by atoms with E-state index in [4.69, 9.17) is 0 Å². The number of rotatable bonds is 5. The van der Waals surface area contributed by atoms with E-state index in [0.29, 0.717) is 19.5 Å². The number of hydrogen-bond donors (Lipinski definition) is 0. The molecule has 1 aliphatic rings. The molecular formula is C19H28N2O2. The Balaban J connectivity index is 1.86. The number of likely N-dealkylation sites (tertiary alicyclic amines) is 1. The molecule has 0 radical (unpaired) electrons. The van der Waals surface area contributed by atoms with Gasteiger partial charge in [-0.1, -0.05) is 29.8 Å². The Bertz CT molecular complexity index is 544. The first kappa shape index (κ1) is 17.5. The first-order valence-corrected chi connectivity index (χ1v) is 8.67. The van der Waals surface area contributed by atoms with Gasteiger partial charge in [-0.2, -0.15) is 0 Å². The van der Waals surface area contributed by atoms with Crippen molar-refractivity contribution in [3.63, 3.8) is 0 Å². The highest BCUT2D eigenvalue weighted by Crippen LogP contribution is 2.20. The van der Waals surface area contributed by atoms with Crippen molar-refractivity contribution in [3.05, 3.63) is 35.4 Å². The summed E-state index contributed by atoms with van der Waals surface area (Å²) in [5.74, 6) is 0.503. The number of hydrogen-bond acceptors (Lipinski definition) is 2. The first-order valence-electron chi connectivity index (χ1n) is 8.67. The molecule has 0 aromatic heterocycles. The highest BCUT2D eigenvalue weighted by Gasteiger charge is 2.29. The Morgan fingerprint density at radius 2 is 1.83 bits per heavy atom. The minimum absolute atomic E-state index is 0.0814. The van der Waals surface area contributed by atoms with Crippen LogP contribution in [0.1, 0.15) is 37.8 Å². The van der Waals surface area contributed by atoms with Gasteiger partial charge in [0.1, 0.15) is 0 Å². The predicted octanol–water partition coefficient (Wildman–Crippen LogP) is 2.64. The number of aryl methyl sites for hydroxylation is 1. The number of carbonyl (C=O) groups excluding carboxylic acids is 2. The van der Waals surface area contributed by atoms with E-state index in [1.165, 1.54) is 5.56 Å². The van der Waals surface area contributed by atoms with Crippen molar-refractivity contribution in [2.24, 2.45) is 5.92 Å². The summed E-state index contributed by atoms with van der Waals surface area (Å²) < 4.78 is 0. The van der Waals surface area contributed by atoms with Crippen LogP contribution in [-0.4, -0.2) is 47.8 Å². The molecule has 0 spiro atoms. The van der Waals surface area contributed by atoms with Gasteiger partial charge in [-0.05, 0) is 39.2 Å². The lowest BCUT2D eigenvalue weighted by Gasteiger charge is -2.33. The van der Waals surface area contributed by atoms with E-state index >= 15 is 0 Å². The quantitative estimate of drug-likeness (QED) is 0.838. The van der Waals surface area contributed by atoms with Gasteiger partial charge in [0.05, 0.1) is 6.42 Å². The van der Waals surface area contributed by atoms with Gasteiger partial charge in [0.15, 0.2) is 0 Å². The van der Waals surface area contributed by atoms with Gasteiger partial charge in [0.25, 0.3) is 0 Å². The Hall–Kier alpha value is -1.84. The summed E-state index contributed by atoms with van der Waals surface area (Å²) in [5.41, 5.74) is 2.25. The Kier molecular flexibility index (Phi) is 6.20. The number of carbonyl (C=O) groups is 2. The molecule has 0 N–H and O–H groups in total. The minimum atomic E-state index is 0.0814. The molecule has 0 atom stereocenters. The van der Waals surface area contributed by atoms with E-state index in [9.17, 15) is 9.59 Å². The summed E-state index contributed by atoms with van der Waals surface area (Å²) >= 11 is 0. The fourth-order valence-electron chi connectivity index (χ4n) is 3.28. The molecule has 0 bridgehead atoms. The molecule has 0 unspecified atom stereocenters. The largest absolute Gasteiger partial charge is 0.343 e. The highest BCUT2D eigenvalue weighted by atomic mass is 16.2. The molecule has 0 saturated carbocycles. The lowest BCUT2D eigenvalue weighted by Crippen LogP contribution is -2.44. The van der Waals surface area contributed by atoms with Crippen LogP contribution in [-0.2, 0) is 16.0 Å². The molecule has 4 heteroatoms. The molecule has 0 aliphatic carbocycles. The predicted molar refractivity (Wildman–Crippen MR) is 92.1 cm³/mol. The second kappa shape index (κ2) is 8.14. The van der Waals surface area contributed by atoms with E-state index in [1.807, 2.05) is 48.8 Å². The highest BCUT2D eigenvalue weighted by molar-refractivity contribution is 5.81. The van der Waals surface area contributed by atoms with Gasteiger partial charge >= 0.3 is 0 Å². The van der Waals surface area contributed by atoms with Gasteiger partial charge in [-0.3, -0.25) is 9.59 Å². The summed E-state index contributed by atoms with van der Waals surface area (Å²) in [6.07, 6.45) is 2.03. The third kappa shape index (κ3) is 4.57. The average Bonchev–Trinajstić information content (AvgIpc) is 2.56. The van der Waals surface area contributed by atoms with E-state index in [0.717, 1.165) is 31.5 Å². The zero-order valence-electron chi connectivity index (χ0n) is 14.5. The van der Waals surface area contributed by atoms with E-state index in [-0.39, 0.29) is 17.7 Å². The molecule has 126 valence electrons. The van der Waals surface area contributed by atoms with Crippen LogP contribution < -0.4 is 0 Å². The molecule has 1 fully saturated rings.